The number of hydrogen-bond donors (Lipinski definition) is 1. The Morgan fingerprint density at radius 3 is 2.61 bits per heavy atom. The van der Waals surface area contributed by atoms with Crippen LogP contribution in [0.15, 0.2) is 23.6 Å². The van der Waals surface area contributed by atoms with E-state index in [2.05, 4.69) is 17.2 Å². The SMILES string of the molecule is CCCNCc1csc(-c2cc(F)cc(F)c2)n1. The second kappa shape index (κ2) is 6.02. The third kappa shape index (κ3) is 3.34. The Kier molecular flexibility index (Phi) is 4.38. The Bertz CT molecular complexity index is 505. The van der Waals surface area contributed by atoms with Crippen molar-refractivity contribution in [3.05, 3.63) is 40.9 Å². The molecular formula is C13H14F2N2S. The fourth-order valence-corrected chi connectivity index (χ4v) is 2.40. The molecule has 0 aliphatic rings. The number of rotatable bonds is 5. The van der Waals surface area contributed by atoms with Crippen molar-refractivity contribution in [2.45, 2.75) is 19.9 Å². The maximum absolute atomic E-state index is 13.1. The second-order valence-electron chi connectivity index (χ2n) is 3.98. The highest BCUT2D eigenvalue weighted by molar-refractivity contribution is 7.13. The lowest BCUT2D eigenvalue weighted by atomic mass is 10.2. The largest absolute Gasteiger partial charge is 0.311 e. The molecule has 2 aromatic rings. The van der Waals surface area contributed by atoms with Gasteiger partial charge in [0.05, 0.1) is 5.69 Å². The minimum absolute atomic E-state index is 0.485. The molecule has 2 rings (SSSR count). The summed E-state index contributed by atoms with van der Waals surface area (Å²) in [4.78, 5) is 4.36. The number of halogens is 2. The Morgan fingerprint density at radius 2 is 1.94 bits per heavy atom. The molecule has 0 aliphatic heterocycles. The van der Waals surface area contributed by atoms with Gasteiger partial charge in [0.2, 0.25) is 0 Å². The lowest BCUT2D eigenvalue weighted by Crippen LogP contribution is -2.13. The maximum Gasteiger partial charge on any atom is 0.126 e. The first-order valence-electron chi connectivity index (χ1n) is 5.80. The van der Waals surface area contributed by atoms with E-state index in [1.807, 2.05) is 5.38 Å². The first-order chi connectivity index (χ1) is 8.69. The number of aromatic nitrogens is 1. The molecule has 0 saturated carbocycles. The molecule has 0 fully saturated rings. The van der Waals surface area contributed by atoms with E-state index in [-0.39, 0.29) is 0 Å². The van der Waals surface area contributed by atoms with E-state index in [4.69, 9.17) is 0 Å². The highest BCUT2D eigenvalue weighted by Crippen LogP contribution is 2.25. The highest BCUT2D eigenvalue weighted by atomic mass is 32.1. The average molecular weight is 268 g/mol. The summed E-state index contributed by atoms with van der Waals surface area (Å²) in [6.45, 7) is 3.71. The van der Waals surface area contributed by atoms with Gasteiger partial charge < -0.3 is 5.32 Å². The average Bonchev–Trinajstić information content (AvgIpc) is 2.77. The highest BCUT2D eigenvalue weighted by Gasteiger charge is 2.07. The normalized spacial score (nSPS) is 10.8. The van der Waals surface area contributed by atoms with Gasteiger partial charge in [0, 0.05) is 23.6 Å². The van der Waals surface area contributed by atoms with E-state index >= 15 is 0 Å². The van der Waals surface area contributed by atoms with Crippen molar-refractivity contribution in [1.82, 2.24) is 10.3 Å². The van der Waals surface area contributed by atoms with Gasteiger partial charge in [0.1, 0.15) is 16.6 Å². The first-order valence-corrected chi connectivity index (χ1v) is 6.68. The molecule has 0 radical (unpaired) electrons. The van der Waals surface area contributed by atoms with Gasteiger partial charge in [0.15, 0.2) is 0 Å². The van der Waals surface area contributed by atoms with E-state index < -0.39 is 11.6 Å². The van der Waals surface area contributed by atoms with Crippen molar-refractivity contribution >= 4 is 11.3 Å². The van der Waals surface area contributed by atoms with Crippen LogP contribution in [0.2, 0.25) is 0 Å². The molecule has 18 heavy (non-hydrogen) atoms. The Hall–Kier alpha value is -1.33. The molecule has 1 heterocycles. The molecule has 1 aromatic carbocycles. The minimum Gasteiger partial charge on any atom is -0.311 e. The number of hydrogen-bond acceptors (Lipinski definition) is 3. The molecular weight excluding hydrogens is 254 g/mol. The van der Waals surface area contributed by atoms with Crippen molar-refractivity contribution in [2.75, 3.05) is 6.54 Å². The van der Waals surface area contributed by atoms with Crippen LogP contribution in [-0.4, -0.2) is 11.5 Å². The van der Waals surface area contributed by atoms with Crippen LogP contribution in [0, 0.1) is 11.6 Å². The fraction of sp³-hybridized carbons (Fsp3) is 0.308. The molecule has 0 spiro atoms. The predicted molar refractivity (Wildman–Crippen MR) is 69.5 cm³/mol. The summed E-state index contributed by atoms with van der Waals surface area (Å²) in [5.41, 5.74) is 1.38. The molecule has 5 heteroatoms. The van der Waals surface area contributed by atoms with E-state index in [0.29, 0.717) is 17.1 Å². The fourth-order valence-electron chi connectivity index (χ4n) is 1.59. The van der Waals surface area contributed by atoms with E-state index in [1.165, 1.54) is 23.5 Å². The van der Waals surface area contributed by atoms with Gasteiger partial charge in [-0.2, -0.15) is 0 Å². The Morgan fingerprint density at radius 1 is 1.22 bits per heavy atom. The molecule has 96 valence electrons. The number of nitrogens with zero attached hydrogens (tertiary/aromatic N) is 1. The lowest BCUT2D eigenvalue weighted by Gasteiger charge is -1.99. The van der Waals surface area contributed by atoms with Gasteiger partial charge in [-0.1, -0.05) is 6.92 Å². The lowest BCUT2D eigenvalue weighted by molar-refractivity contribution is 0.584. The summed E-state index contributed by atoms with van der Waals surface area (Å²) >= 11 is 1.39. The molecule has 0 amide bonds. The zero-order valence-electron chi connectivity index (χ0n) is 10.0. The standard InChI is InChI=1S/C13H14F2N2S/c1-2-3-16-7-12-8-18-13(17-12)9-4-10(14)6-11(15)5-9/h4-6,8,16H,2-3,7H2,1H3. The Balaban J connectivity index is 2.13. The molecule has 0 unspecified atom stereocenters. The van der Waals surface area contributed by atoms with Crippen molar-refractivity contribution in [3.63, 3.8) is 0 Å². The van der Waals surface area contributed by atoms with Crippen LogP contribution < -0.4 is 5.32 Å². The smallest absolute Gasteiger partial charge is 0.126 e. The van der Waals surface area contributed by atoms with Crippen LogP contribution in [0.5, 0.6) is 0 Å². The quantitative estimate of drug-likeness (QED) is 0.838. The number of nitrogens with one attached hydrogen (secondary N) is 1. The van der Waals surface area contributed by atoms with Crippen molar-refractivity contribution in [2.24, 2.45) is 0 Å². The molecule has 2 nitrogen and oxygen atoms in total. The summed E-state index contributed by atoms with van der Waals surface area (Å²) in [6, 6.07) is 3.46. The van der Waals surface area contributed by atoms with Crippen molar-refractivity contribution in [1.29, 1.82) is 0 Å². The molecule has 0 saturated heterocycles. The van der Waals surface area contributed by atoms with Crippen LogP contribution in [0.25, 0.3) is 10.6 Å². The summed E-state index contributed by atoms with van der Waals surface area (Å²) in [7, 11) is 0. The molecule has 1 aromatic heterocycles. The zero-order valence-corrected chi connectivity index (χ0v) is 10.9. The number of benzene rings is 1. The van der Waals surface area contributed by atoms with Gasteiger partial charge in [-0.25, -0.2) is 13.8 Å². The molecule has 0 aliphatic carbocycles. The topological polar surface area (TPSA) is 24.9 Å². The maximum atomic E-state index is 13.1. The van der Waals surface area contributed by atoms with Crippen LogP contribution in [-0.2, 0) is 6.54 Å². The van der Waals surface area contributed by atoms with E-state index in [1.54, 1.807) is 0 Å². The van der Waals surface area contributed by atoms with Crippen molar-refractivity contribution < 1.29 is 8.78 Å². The van der Waals surface area contributed by atoms with Crippen LogP contribution in [0.4, 0.5) is 8.78 Å². The van der Waals surface area contributed by atoms with E-state index in [0.717, 1.165) is 24.7 Å². The summed E-state index contributed by atoms with van der Waals surface area (Å²) in [5.74, 6) is -1.16. The van der Waals surface area contributed by atoms with E-state index in [9.17, 15) is 8.78 Å². The van der Waals surface area contributed by atoms with Crippen LogP contribution >= 0.6 is 11.3 Å². The van der Waals surface area contributed by atoms with Crippen molar-refractivity contribution in [3.8, 4) is 10.6 Å². The predicted octanol–water partition coefficient (Wildman–Crippen LogP) is 3.59. The van der Waals surface area contributed by atoms with Gasteiger partial charge in [-0.3, -0.25) is 0 Å². The molecule has 0 bridgehead atoms. The number of thiazole rings is 1. The summed E-state index contributed by atoms with van der Waals surface area (Å²) < 4.78 is 26.2. The van der Waals surface area contributed by atoms with Gasteiger partial charge >= 0.3 is 0 Å². The summed E-state index contributed by atoms with van der Waals surface area (Å²) in [6.07, 6.45) is 1.06. The molecule has 1 N–H and O–H groups in total. The van der Waals surface area contributed by atoms with Gasteiger partial charge in [-0.15, -0.1) is 11.3 Å². The minimum atomic E-state index is -0.578. The Labute approximate surface area is 109 Å². The third-order valence-electron chi connectivity index (χ3n) is 2.39. The van der Waals surface area contributed by atoms with Crippen LogP contribution in [0.3, 0.4) is 0 Å². The van der Waals surface area contributed by atoms with Crippen LogP contribution in [0.1, 0.15) is 19.0 Å². The monoisotopic (exact) mass is 268 g/mol. The summed E-state index contributed by atoms with van der Waals surface area (Å²) in [5, 5.41) is 5.78. The zero-order chi connectivity index (χ0) is 13.0. The second-order valence-corrected chi connectivity index (χ2v) is 4.84. The molecule has 0 atom stereocenters. The van der Waals surface area contributed by atoms with Gasteiger partial charge in [-0.05, 0) is 25.1 Å². The third-order valence-corrected chi connectivity index (χ3v) is 3.33. The van der Waals surface area contributed by atoms with Gasteiger partial charge in [0.25, 0.3) is 0 Å². The first kappa shape index (κ1) is 13.1.